The third-order valence-corrected chi connectivity index (χ3v) is 2.03. The SMILES string of the molecule is Cc1ccc(F)c([C@H](N)CCN)c1. The van der Waals surface area contributed by atoms with E-state index in [1.54, 1.807) is 12.1 Å². The average molecular weight is 182 g/mol. The number of hydrogen-bond acceptors (Lipinski definition) is 2. The standard InChI is InChI=1S/C10H15FN2/c1-7-2-3-9(11)8(6-7)10(13)4-5-12/h2-3,6,10H,4-5,12-13H2,1H3/t10-/m1/s1. The van der Waals surface area contributed by atoms with Crippen LogP contribution in [-0.4, -0.2) is 6.54 Å². The van der Waals surface area contributed by atoms with Crippen molar-refractivity contribution < 1.29 is 4.39 Å². The normalized spacial score (nSPS) is 12.9. The minimum absolute atomic E-state index is 0.244. The first kappa shape index (κ1) is 10.2. The Kier molecular flexibility index (Phi) is 3.39. The molecule has 0 fully saturated rings. The molecular formula is C10H15FN2. The molecule has 0 saturated heterocycles. The molecule has 1 rings (SSSR count). The lowest BCUT2D eigenvalue weighted by Crippen LogP contribution is -2.16. The molecule has 4 N–H and O–H groups in total. The van der Waals surface area contributed by atoms with E-state index in [0.29, 0.717) is 18.5 Å². The van der Waals surface area contributed by atoms with Crippen LogP contribution < -0.4 is 11.5 Å². The smallest absolute Gasteiger partial charge is 0.127 e. The van der Waals surface area contributed by atoms with E-state index in [2.05, 4.69) is 0 Å². The Bertz CT molecular complexity index is 286. The fraction of sp³-hybridized carbons (Fsp3) is 0.400. The van der Waals surface area contributed by atoms with Crippen LogP contribution in [0.3, 0.4) is 0 Å². The second-order valence-corrected chi connectivity index (χ2v) is 3.21. The number of hydrogen-bond donors (Lipinski definition) is 2. The van der Waals surface area contributed by atoms with Crippen molar-refractivity contribution in [1.82, 2.24) is 0 Å². The molecule has 1 atom stereocenters. The highest BCUT2D eigenvalue weighted by molar-refractivity contribution is 5.26. The van der Waals surface area contributed by atoms with Gasteiger partial charge in [-0.05, 0) is 26.0 Å². The van der Waals surface area contributed by atoms with Crippen molar-refractivity contribution in [2.45, 2.75) is 19.4 Å². The van der Waals surface area contributed by atoms with Gasteiger partial charge in [0.15, 0.2) is 0 Å². The van der Waals surface area contributed by atoms with Crippen LogP contribution in [-0.2, 0) is 0 Å². The van der Waals surface area contributed by atoms with Crippen LogP contribution in [0, 0.1) is 12.7 Å². The van der Waals surface area contributed by atoms with Crippen LogP contribution in [0.5, 0.6) is 0 Å². The van der Waals surface area contributed by atoms with Crippen LogP contribution in [0.4, 0.5) is 4.39 Å². The van der Waals surface area contributed by atoms with E-state index in [4.69, 9.17) is 11.5 Å². The van der Waals surface area contributed by atoms with Crippen molar-refractivity contribution >= 4 is 0 Å². The highest BCUT2D eigenvalue weighted by atomic mass is 19.1. The lowest BCUT2D eigenvalue weighted by Gasteiger charge is -2.12. The Morgan fingerprint density at radius 3 is 2.77 bits per heavy atom. The molecule has 0 aliphatic heterocycles. The number of aryl methyl sites for hydroxylation is 1. The Labute approximate surface area is 77.7 Å². The molecule has 1 aromatic rings. The van der Waals surface area contributed by atoms with E-state index in [0.717, 1.165) is 5.56 Å². The molecule has 0 aliphatic rings. The van der Waals surface area contributed by atoms with Gasteiger partial charge in [0.05, 0.1) is 0 Å². The van der Waals surface area contributed by atoms with Gasteiger partial charge in [-0.25, -0.2) is 4.39 Å². The first-order valence-electron chi connectivity index (χ1n) is 4.37. The molecule has 0 unspecified atom stereocenters. The van der Waals surface area contributed by atoms with Crippen molar-refractivity contribution in [3.8, 4) is 0 Å². The lowest BCUT2D eigenvalue weighted by atomic mass is 10.0. The molecule has 1 aromatic carbocycles. The van der Waals surface area contributed by atoms with E-state index >= 15 is 0 Å². The van der Waals surface area contributed by atoms with Crippen LogP contribution in [0.15, 0.2) is 18.2 Å². The summed E-state index contributed by atoms with van der Waals surface area (Å²) < 4.78 is 13.2. The number of nitrogens with two attached hydrogens (primary N) is 2. The van der Waals surface area contributed by atoms with Crippen LogP contribution in [0.25, 0.3) is 0 Å². The van der Waals surface area contributed by atoms with Crippen LogP contribution in [0.2, 0.25) is 0 Å². The zero-order chi connectivity index (χ0) is 9.84. The van der Waals surface area contributed by atoms with Crippen molar-refractivity contribution in [3.63, 3.8) is 0 Å². The topological polar surface area (TPSA) is 52.0 Å². The zero-order valence-corrected chi connectivity index (χ0v) is 7.76. The van der Waals surface area contributed by atoms with Crippen molar-refractivity contribution in [2.24, 2.45) is 11.5 Å². The summed E-state index contributed by atoms with van der Waals surface area (Å²) in [5, 5.41) is 0. The van der Waals surface area contributed by atoms with Gasteiger partial charge < -0.3 is 11.5 Å². The summed E-state index contributed by atoms with van der Waals surface area (Å²) in [7, 11) is 0. The Balaban J connectivity index is 2.91. The lowest BCUT2D eigenvalue weighted by molar-refractivity contribution is 0.566. The molecule has 0 heterocycles. The number of benzene rings is 1. The van der Waals surface area contributed by atoms with E-state index in [1.807, 2.05) is 6.92 Å². The zero-order valence-electron chi connectivity index (χ0n) is 7.76. The summed E-state index contributed by atoms with van der Waals surface area (Å²) in [6.45, 7) is 2.40. The molecule has 0 bridgehead atoms. The molecule has 72 valence electrons. The largest absolute Gasteiger partial charge is 0.330 e. The summed E-state index contributed by atoms with van der Waals surface area (Å²) in [6.07, 6.45) is 0.611. The quantitative estimate of drug-likeness (QED) is 0.744. The van der Waals surface area contributed by atoms with Crippen molar-refractivity contribution in [1.29, 1.82) is 0 Å². The van der Waals surface area contributed by atoms with Crippen molar-refractivity contribution in [3.05, 3.63) is 35.1 Å². The summed E-state index contributed by atoms with van der Waals surface area (Å²) in [5.41, 5.74) is 12.7. The molecule has 2 nitrogen and oxygen atoms in total. The second kappa shape index (κ2) is 4.35. The summed E-state index contributed by atoms with van der Waals surface area (Å²) in [4.78, 5) is 0. The predicted octanol–water partition coefficient (Wildman–Crippen LogP) is 1.48. The fourth-order valence-electron chi connectivity index (χ4n) is 1.28. The molecule has 3 heteroatoms. The molecular weight excluding hydrogens is 167 g/mol. The average Bonchev–Trinajstić information content (AvgIpc) is 2.09. The Morgan fingerprint density at radius 1 is 1.46 bits per heavy atom. The maximum absolute atomic E-state index is 13.2. The van der Waals surface area contributed by atoms with Gasteiger partial charge >= 0.3 is 0 Å². The van der Waals surface area contributed by atoms with Gasteiger partial charge in [-0.15, -0.1) is 0 Å². The number of rotatable bonds is 3. The highest BCUT2D eigenvalue weighted by Crippen LogP contribution is 2.18. The molecule has 0 saturated carbocycles. The van der Waals surface area contributed by atoms with E-state index in [-0.39, 0.29) is 11.9 Å². The molecule has 13 heavy (non-hydrogen) atoms. The summed E-state index contributed by atoms with van der Waals surface area (Å²) in [6, 6.07) is 4.66. The highest BCUT2D eigenvalue weighted by Gasteiger charge is 2.10. The van der Waals surface area contributed by atoms with Crippen molar-refractivity contribution in [2.75, 3.05) is 6.54 Å². The van der Waals surface area contributed by atoms with Gasteiger partial charge in [0.1, 0.15) is 5.82 Å². The number of halogens is 1. The first-order chi connectivity index (χ1) is 6.15. The molecule has 0 amide bonds. The fourth-order valence-corrected chi connectivity index (χ4v) is 1.28. The van der Waals surface area contributed by atoms with E-state index in [9.17, 15) is 4.39 Å². The van der Waals surface area contributed by atoms with E-state index < -0.39 is 0 Å². The third kappa shape index (κ3) is 2.50. The van der Waals surface area contributed by atoms with Gasteiger partial charge in [-0.1, -0.05) is 17.7 Å². The van der Waals surface area contributed by atoms with Crippen LogP contribution in [0.1, 0.15) is 23.6 Å². The van der Waals surface area contributed by atoms with Gasteiger partial charge in [0.25, 0.3) is 0 Å². The molecule has 0 aromatic heterocycles. The monoisotopic (exact) mass is 182 g/mol. The second-order valence-electron chi connectivity index (χ2n) is 3.21. The van der Waals surface area contributed by atoms with Gasteiger partial charge in [-0.3, -0.25) is 0 Å². The molecule has 0 spiro atoms. The molecule has 0 radical (unpaired) electrons. The Hall–Kier alpha value is -0.930. The van der Waals surface area contributed by atoms with E-state index in [1.165, 1.54) is 6.07 Å². The van der Waals surface area contributed by atoms with Crippen LogP contribution >= 0.6 is 0 Å². The molecule has 0 aliphatic carbocycles. The first-order valence-corrected chi connectivity index (χ1v) is 4.37. The minimum atomic E-state index is -0.287. The van der Waals surface area contributed by atoms with Gasteiger partial charge in [0.2, 0.25) is 0 Å². The summed E-state index contributed by atoms with van der Waals surface area (Å²) in [5.74, 6) is -0.244. The predicted molar refractivity (Wildman–Crippen MR) is 51.7 cm³/mol. The Morgan fingerprint density at radius 2 is 2.15 bits per heavy atom. The van der Waals surface area contributed by atoms with Gasteiger partial charge in [0, 0.05) is 11.6 Å². The maximum Gasteiger partial charge on any atom is 0.127 e. The maximum atomic E-state index is 13.2. The van der Waals surface area contributed by atoms with Gasteiger partial charge in [-0.2, -0.15) is 0 Å². The summed E-state index contributed by atoms with van der Waals surface area (Å²) >= 11 is 0. The third-order valence-electron chi connectivity index (χ3n) is 2.03. The minimum Gasteiger partial charge on any atom is -0.330 e.